The summed E-state index contributed by atoms with van der Waals surface area (Å²) in [5.74, 6) is 1.19. The number of aliphatic hydroxyl groups is 1. The highest BCUT2D eigenvalue weighted by Gasteiger charge is 2.28. The van der Waals surface area contributed by atoms with Gasteiger partial charge in [-0.1, -0.05) is 5.16 Å². The highest BCUT2D eigenvalue weighted by atomic mass is 32.1. The van der Waals surface area contributed by atoms with Gasteiger partial charge in [0.05, 0.1) is 18.6 Å². The molecule has 1 fully saturated rings. The van der Waals surface area contributed by atoms with Gasteiger partial charge in [0.1, 0.15) is 5.01 Å². The van der Waals surface area contributed by atoms with E-state index in [1.807, 2.05) is 12.3 Å². The number of hydrogen-bond acceptors (Lipinski definition) is 7. The van der Waals surface area contributed by atoms with Crippen molar-refractivity contribution in [1.29, 1.82) is 0 Å². The van der Waals surface area contributed by atoms with E-state index in [1.54, 1.807) is 11.3 Å². The van der Waals surface area contributed by atoms with Crippen LogP contribution in [0.2, 0.25) is 0 Å². The molecule has 3 heterocycles. The third kappa shape index (κ3) is 2.43. The molecule has 1 aliphatic heterocycles. The van der Waals surface area contributed by atoms with Crippen molar-refractivity contribution in [3.63, 3.8) is 0 Å². The van der Waals surface area contributed by atoms with Crippen LogP contribution in [0.5, 0.6) is 0 Å². The third-order valence-electron chi connectivity index (χ3n) is 2.87. The molecule has 0 spiro atoms. The zero-order chi connectivity index (χ0) is 12.5. The van der Waals surface area contributed by atoms with Gasteiger partial charge in [-0.15, -0.1) is 11.3 Å². The number of aryl methyl sites for hydroxylation is 1. The molecule has 0 aliphatic carbocycles. The predicted molar refractivity (Wildman–Crippen MR) is 65.3 cm³/mol. The number of β-amino-alcohol motifs (C(OH)–C–C–N with tert-alkyl or cyclic N) is 1. The molecule has 0 aromatic carbocycles. The molecule has 0 amide bonds. The van der Waals surface area contributed by atoms with Crippen molar-refractivity contribution in [2.24, 2.45) is 0 Å². The van der Waals surface area contributed by atoms with Gasteiger partial charge in [-0.2, -0.15) is 4.98 Å². The molecule has 1 saturated heterocycles. The maximum Gasteiger partial charge on any atom is 0.243 e. The third-order valence-corrected chi connectivity index (χ3v) is 3.83. The average Bonchev–Trinajstić information content (AvgIpc) is 3.01. The fourth-order valence-corrected chi connectivity index (χ4v) is 2.77. The van der Waals surface area contributed by atoms with Crippen LogP contribution >= 0.6 is 11.3 Å². The van der Waals surface area contributed by atoms with Crippen molar-refractivity contribution in [2.45, 2.75) is 31.9 Å². The molecule has 6 nitrogen and oxygen atoms in total. The number of nitrogens with one attached hydrogen (secondary N) is 1. The molecule has 2 aromatic rings. The van der Waals surface area contributed by atoms with Gasteiger partial charge in [0, 0.05) is 17.6 Å². The van der Waals surface area contributed by atoms with Crippen LogP contribution in [0.4, 0.5) is 0 Å². The molecule has 18 heavy (non-hydrogen) atoms. The first-order chi connectivity index (χ1) is 8.70. The minimum absolute atomic E-state index is 0.0284. The second-order valence-electron chi connectivity index (χ2n) is 4.46. The van der Waals surface area contributed by atoms with E-state index in [9.17, 15) is 5.11 Å². The highest BCUT2D eigenvalue weighted by Crippen LogP contribution is 2.22. The lowest BCUT2D eigenvalue weighted by atomic mass is 10.2. The van der Waals surface area contributed by atoms with Gasteiger partial charge in [0.25, 0.3) is 0 Å². The van der Waals surface area contributed by atoms with Gasteiger partial charge in [-0.05, 0) is 13.3 Å². The zero-order valence-corrected chi connectivity index (χ0v) is 10.8. The number of hydrogen-bond donors (Lipinski definition) is 2. The normalized spacial score (nSPS) is 23.7. The number of rotatable bonds is 3. The first-order valence-electron chi connectivity index (χ1n) is 5.85. The molecule has 2 aromatic heterocycles. The summed E-state index contributed by atoms with van der Waals surface area (Å²) in [7, 11) is 0. The minimum Gasteiger partial charge on any atom is -0.392 e. The summed E-state index contributed by atoms with van der Waals surface area (Å²) < 4.78 is 5.22. The van der Waals surface area contributed by atoms with Crippen molar-refractivity contribution in [3.8, 4) is 0 Å². The Labute approximate surface area is 108 Å². The minimum atomic E-state index is -0.327. The Balaban J connectivity index is 1.70. The largest absolute Gasteiger partial charge is 0.392 e. The Morgan fingerprint density at radius 1 is 1.56 bits per heavy atom. The van der Waals surface area contributed by atoms with E-state index in [0.29, 0.717) is 31.1 Å². The van der Waals surface area contributed by atoms with Crippen LogP contribution in [0.15, 0.2) is 9.90 Å². The Hall–Kier alpha value is -1.31. The van der Waals surface area contributed by atoms with E-state index in [0.717, 1.165) is 10.7 Å². The number of aromatic nitrogens is 3. The molecular formula is C11H14N4O2S. The van der Waals surface area contributed by atoms with Crippen LogP contribution in [0, 0.1) is 6.92 Å². The molecule has 2 atom stereocenters. The fraction of sp³-hybridized carbons (Fsp3) is 0.545. The quantitative estimate of drug-likeness (QED) is 0.855. The molecule has 0 unspecified atom stereocenters. The number of nitrogens with zero attached hydrogens (tertiary/aromatic N) is 3. The van der Waals surface area contributed by atoms with Crippen LogP contribution in [0.1, 0.15) is 34.9 Å². The Morgan fingerprint density at radius 3 is 3.11 bits per heavy atom. The molecule has 2 N–H and O–H groups in total. The zero-order valence-electron chi connectivity index (χ0n) is 9.96. The second-order valence-corrected chi connectivity index (χ2v) is 5.40. The van der Waals surface area contributed by atoms with Crippen molar-refractivity contribution in [2.75, 3.05) is 6.54 Å². The van der Waals surface area contributed by atoms with E-state index in [-0.39, 0.29) is 12.1 Å². The molecule has 96 valence electrons. The van der Waals surface area contributed by atoms with Crippen LogP contribution in [0.3, 0.4) is 0 Å². The molecule has 0 bridgehead atoms. The molecular weight excluding hydrogens is 252 g/mol. The molecule has 0 radical (unpaired) electrons. The van der Waals surface area contributed by atoms with Gasteiger partial charge < -0.3 is 14.9 Å². The predicted octanol–water partition coefficient (Wildman–Crippen LogP) is 0.821. The summed E-state index contributed by atoms with van der Waals surface area (Å²) in [6.07, 6.45) is 0.891. The first kappa shape index (κ1) is 11.8. The molecule has 0 saturated carbocycles. The van der Waals surface area contributed by atoms with E-state index in [1.165, 1.54) is 0 Å². The van der Waals surface area contributed by atoms with Gasteiger partial charge in [0.15, 0.2) is 5.82 Å². The SMILES string of the molecule is Cc1csc(Cc2noc([C@@H]3C[C@H](O)CN3)n2)n1. The van der Waals surface area contributed by atoms with Crippen molar-refractivity contribution >= 4 is 11.3 Å². The van der Waals surface area contributed by atoms with Crippen LogP contribution < -0.4 is 5.32 Å². The second kappa shape index (κ2) is 4.75. The van der Waals surface area contributed by atoms with Crippen molar-refractivity contribution in [1.82, 2.24) is 20.4 Å². The summed E-state index contributed by atoms with van der Waals surface area (Å²) in [4.78, 5) is 8.71. The molecule has 7 heteroatoms. The van der Waals surface area contributed by atoms with E-state index < -0.39 is 0 Å². The molecule has 3 rings (SSSR count). The lowest BCUT2D eigenvalue weighted by Gasteiger charge is -2.01. The lowest BCUT2D eigenvalue weighted by molar-refractivity contribution is 0.191. The lowest BCUT2D eigenvalue weighted by Crippen LogP contribution is -2.15. The van der Waals surface area contributed by atoms with Crippen molar-refractivity contribution in [3.05, 3.63) is 27.8 Å². The molecule has 1 aliphatic rings. The van der Waals surface area contributed by atoms with Crippen LogP contribution in [-0.2, 0) is 6.42 Å². The van der Waals surface area contributed by atoms with Gasteiger partial charge in [0.2, 0.25) is 5.89 Å². The fourth-order valence-electron chi connectivity index (χ4n) is 2.01. The monoisotopic (exact) mass is 266 g/mol. The topological polar surface area (TPSA) is 84.1 Å². The van der Waals surface area contributed by atoms with Crippen LogP contribution in [-0.4, -0.2) is 32.9 Å². The van der Waals surface area contributed by atoms with Gasteiger partial charge in [-0.3, -0.25) is 0 Å². The van der Waals surface area contributed by atoms with E-state index in [2.05, 4.69) is 20.4 Å². The summed E-state index contributed by atoms with van der Waals surface area (Å²) in [5, 5.41) is 19.5. The Bertz CT molecular complexity index is 539. The summed E-state index contributed by atoms with van der Waals surface area (Å²) in [5.41, 5.74) is 1.01. The van der Waals surface area contributed by atoms with E-state index >= 15 is 0 Å². The number of thiazole rings is 1. The standard InChI is InChI=1S/C11H14N4O2S/c1-6-5-18-10(13-6)3-9-14-11(17-15-9)8-2-7(16)4-12-8/h5,7-8,12,16H,2-4H2,1H3/t7-,8-/m0/s1. The maximum atomic E-state index is 9.44. The van der Waals surface area contributed by atoms with Crippen molar-refractivity contribution < 1.29 is 9.63 Å². The summed E-state index contributed by atoms with van der Waals surface area (Å²) >= 11 is 1.60. The summed E-state index contributed by atoms with van der Waals surface area (Å²) in [6, 6.07) is -0.0284. The highest BCUT2D eigenvalue weighted by molar-refractivity contribution is 7.09. The Morgan fingerprint density at radius 2 is 2.44 bits per heavy atom. The maximum absolute atomic E-state index is 9.44. The van der Waals surface area contributed by atoms with E-state index in [4.69, 9.17) is 4.52 Å². The van der Waals surface area contributed by atoms with Gasteiger partial charge in [-0.25, -0.2) is 4.98 Å². The smallest absolute Gasteiger partial charge is 0.243 e. The van der Waals surface area contributed by atoms with Crippen LogP contribution in [0.25, 0.3) is 0 Å². The Kier molecular flexibility index (Phi) is 3.11. The number of aliphatic hydroxyl groups excluding tert-OH is 1. The first-order valence-corrected chi connectivity index (χ1v) is 6.73. The average molecular weight is 266 g/mol. The summed E-state index contributed by atoms with van der Waals surface area (Å²) in [6.45, 7) is 2.54. The van der Waals surface area contributed by atoms with Gasteiger partial charge >= 0.3 is 0 Å².